The van der Waals surface area contributed by atoms with E-state index < -0.39 is 5.60 Å². The van der Waals surface area contributed by atoms with E-state index in [1.165, 1.54) is 0 Å². The zero-order valence-electron chi connectivity index (χ0n) is 11.8. The van der Waals surface area contributed by atoms with Gasteiger partial charge in [0.05, 0.1) is 18.8 Å². The van der Waals surface area contributed by atoms with E-state index in [0.29, 0.717) is 18.8 Å². The van der Waals surface area contributed by atoms with Crippen LogP contribution in [0.5, 0.6) is 0 Å². The summed E-state index contributed by atoms with van der Waals surface area (Å²) in [7, 11) is 0. The highest BCUT2D eigenvalue weighted by Gasteiger charge is 2.45. The van der Waals surface area contributed by atoms with E-state index in [0.717, 1.165) is 16.3 Å². The first-order chi connectivity index (χ1) is 9.40. The first-order valence-electron chi connectivity index (χ1n) is 6.73. The summed E-state index contributed by atoms with van der Waals surface area (Å²) in [6.07, 6.45) is 0. The van der Waals surface area contributed by atoms with Crippen LogP contribution in [0.25, 0.3) is 0 Å². The molecule has 2 rings (SSSR count). The molecule has 1 amide bonds. The third kappa shape index (κ3) is 3.68. The minimum atomic E-state index is -0.684. The Labute approximate surface area is 129 Å². The fraction of sp³-hybridized carbons (Fsp3) is 0.533. The van der Waals surface area contributed by atoms with E-state index in [1.807, 2.05) is 38.1 Å². The Morgan fingerprint density at radius 3 is 2.55 bits per heavy atom. The SMILES string of the molecule is CC(C)C1(O)CN(C(=O)CSCc2ccc(Cl)cc2)C1. The summed E-state index contributed by atoms with van der Waals surface area (Å²) in [4.78, 5) is 13.7. The summed E-state index contributed by atoms with van der Waals surface area (Å²) in [6.45, 7) is 4.89. The average Bonchev–Trinajstić information content (AvgIpc) is 2.37. The van der Waals surface area contributed by atoms with Crippen molar-refractivity contribution in [3.05, 3.63) is 34.9 Å². The third-order valence-electron chi connectivity index (χ3n) is 3.76. The zero-order valence-corrected chi connectivity index (χ0v) is 13.4. The van der Waals surface area contributed by atoms with Gasteiger partial charge >= 0.3 is 0 Å². The smallest absolute Gasteiger partial charge is 0.232 e. The van der Waals surface area contributed by atoms with Crippen LogP contribution < -0.4 is 0 Å². The van der Waals surface area contributed by atoms with Gasteiger partial charge in [-0.1, -0.05) is 37.6 Å². The molecule has 0 bridgehead atoms. The summed E-state index contributed by atoms with van der Waals surface area (Å²) in [5, 5.41) is 10.8. The van der Waals surface area contributed by atoms with Crippen molar-refractivity contribution in [1.82, 2.24) is 4.90 Å². The predicted octanol–water partition coefficient (Wildman–Crippen LogP) is 2.80. The molecule has 5 heteroatoms. The van der Waals surface area contributed by atoms with Gasteiger partial charge in [0.25, 0.3) is 0 Å². The second-order valence-electron chi connectivity index (χ2n) is 5.63. The second-order valence-corrected chi connectivity index (χ2v) is 7.05. The van der Waals surface area contributed by atoms with E-state index in [4.69, 9.17) is 11.6 Å². The molecule has 1 fully saturated rings. The number of benzene rings is 1. The number of rotatable bonds is 5. The van der Waals surface area contributed by atoms with Gasteiger partial charge < -0.3 is 10.0 Å². The standard InChI is InChI=1S/C15H20ClNO2S/c1-11(2)15(19)9-17(10-15)14(18)8-20-7-12-3-5-13(16)6-4-12/h3-6,11,19H,7-10H2,1-2H3. The molecule has 1 aliphatic rings. The van der Waals surface area contributed by atoms with Crippen LogP contribution in [0.2, 0.25) is 5.02 Å². The summed E-state index contributed by atoms with van der Waals surface area (Å²) >= 11 is 7.42. The molecule has 1 heterocycles. The number of thioether (sulfide) groups is 1. The molecule has 1 aliphatic heterocycles. The van der Waals surface area contributed by atoms with Crippen molar-refractivity contribution in [2.75, 3.05) is 18.8 Å². The van der Waals surface area contributed by atoms with Gasteiger partial charge in [0, 0.05) is 10.8 Å². The maximum atomic E-state index is 12.0. The van der Waals surface area contributed by atoms with Crippen molar-refractivity contribution < 1.29 is 9.90 Å². The second kappa shape index (κ2) is 6.37. The summed E-state index contributed by atoms with van der Waals surface area (Å²) in [5.74, 6) is 1.55. The molecule has 0 aliphatic carbocycles. The highest BCUT2D eigenvalue weighted by Crippen LogP contribution is 2.29. The number of likely N-dealkylation sites (tertiary alicyclic amines) is 1. The van der Waals surface area contributed by atoms with Gasteiger partial charge in [-0.3, -0.25) is 4.79 Å². The monoisotopic (exact) mass is 313 g/mol. The lowest BCUT2D eigenvalue weighted by atomic mass is 9.83. The van der Waals surface area contributed by atoms with Crippen LogP contribution in [0.3, 0.4) is 0 Å². The van der Waals surface area contributed by atoms with Gasteiger partial charge in [-0.2, -0.15) is 0 Å². The summed E-state index contributed by atoms with van der Waals surface area (Å²) in [5.41, 5.74) is 0.478. The molecule has 0 saturated carbocycles. The normalized spacial score (nSPS) is 17.1. The van der Waals surface area contributed by atoms with Crippen molar-refractivity contribution in [2.24, 2.45) is 5.92 Å². The predicted molar refractivity (Wildman–Crippen MR) is 84.0 cm³/mol. The van der Waals surface area contributed by atoms with Crippen LogP contribution in [-0.4, -0.2) is 40.4 Å². The van der Waals surface area contributed by atoms with E-state index >= 15 is 0 Å². The average molecular weight is 314 g/mol. The Morgan fingerprint density at radius 2 is 2.00 bits per heavy atom. The minimum Gasteiger partial charge on any atom is -0.386 e. The van der Waals surface area contributed by atoms with Gasteiger partial charge in [0.1, 0.15) is 5.60 Å². The van der Waals surface area contributed by atoms with Crippen molar-refractivity contribution in [1.29, 1.82) is 0 Å². The van der Waals surface area contributed by atoms with Crippen LogP contribution in [0, 0.1) is 5.92 Å². The molecule has 1 aromatic rings. The maximum absolute atomic E-state index is 12.0. The number of β-amino-alcohol motifs (C(OH)–C–C–N with tert-alkyl or cyclic N) is 1. The largest absolute Gasteiger partial charge is 0.386 e. The zero-order chi connectivity index (χ0) is 14.8. The van der Waals surface area contributed by atoms with Crippen LogP contribution in [0.15, 0.2) is 24.3 Å². The molecule has 1 aromatic carbocycles. The van der Waals surface area contributed by atoms with Gasteiger partial charge in [0.2, 0.25) is 5.91 Å². The lowest BCUT2D eigenvalue weighted by Crippen LogP contribution is -2.66. The molecule has 0 aromatic heterocycles. The number of carbonyl (C=O) groups is 1. The number of amides is 1. The van der Waals surface area contributed by atoms with E-state index in [9.17, 15) is 9.90 Å². The van der Waals surface area contributed by atoms with Crippen LogP contribution in [0.4, 0.5) is 0 Å². The molecule has 0 unspecified atom stereocenters. The first kappa shape index (κ1) is 15.7. The fourth-order valence-corrected chi connectivity index (χ4v) is 3.10. The Morgan fingerprint density at radius 1 is 1.40 bits per heavy atom. The Hall–Kier alpha value is -0.710. The lowest BCUT2D eigenvalue weighted by Gasteiger charge is -2.49. The molecule has 1 N–H and O–H groups in total. The molecule has 0 spiro atoms. The molecule has 0 atom stereocenters. The topological polar surface area (TPSA) is 40.5 Å². The van der Waals surface area contributed by atoms with Crippen molar-refractivity contribution in [3.63, 3.8) is 0 Å². The fourth-order valence-electron chi connectivity index (χ4n) is 2.08. The molecule has 20 heavy (non-hydrogen) atoms. The number of hydrogen-bond donors (Lipinski definition) is 1. The van der Waals surface area contributed by atoms with E-state index in [2.05, 4.69) is 0 Å². The summed E-state index contributed by atoms with van der Waals surface area (Å²) < 4.78 is 0. The molecule has 3 nitrogen and oxygen atoms in total. The minimum absolute atomic E-state index is 0.106. The lowest BCUT2D eigenvalue weighted by molar-refractivity contribution is -0.161. The van der Waals surface area contributed by atoms with Gasteiger partial charge in [0.15, 0.2) is 0 Å². The van der Waals surface area contributed by atoms with E-state index in [1.54, 1.807) is 16.7 Å². The molecular formula is C15H20ClNO2S. The van der Waals surface area contributed by atoms with Gasteiger partial charge in [-0.05, 0) is 23.6 Å². The molecule has 1 saturated heterocycles. The van der Waals surface area contributed by atoms with Crippen LogP contribution in [0.1, 0.15) is 19.4 Å². The maximum Gasteiger partial charge on any atom is 0.232 e. The number of carbonyl (C=O) groups excluding carboxylic acids is 1. The first-order valence-corrected chi connectivity index (χ1v) is 8.26. The van der Waals surface area contributed by atoms with Gasteiger partial charge in [-0.15, -0.1) is 11.8 Å². The third-order valence-corrected chi connectivity index (χ3v) is 5.00. The highest BCUT2D eigenvalue weighted by molar-refractivity contribution is 7.99. The number of nitrogens with zero attached hydrogens (tertiary/aromatic N) is 1. The van der Waals surface area contributed by atoms with Gasteiger partial charge in [-0.25, -0.2) is 0 Å². The number of halogens is 1. The van der Waals surface area contributed by atoms with Crippen LogP contribution >= 0.6 is 23.4 Å². The van der Waals surface area contributed by atoms with E-state index in [-0.39, 0.29) is 11.8 Å². The highest BCUT2D eigenvalue weighted by atomic mass is 35.5. The summed E-state index contributed by atoms with van der Waals surface area (Å²) in [6, 6.07) is 7.66. The molecular weight excluding hydrogens is 294 g/mol. The number of aliphatic hydroxyl groups is 1. The quantitative estimate of drug-likeness (QED) is 0.908. The van der Waals surface area contributed by atoms with Crippen molar-refractivity contribution >= 4 is 29.3 Å². The molecule has 0 radical (unpaired) electrons. The Kier molecular flexibility index (Phi) is 4.99. The molecule has 110 valence electrons. The van der Waals surface area contributed by atoms with Crippen LogP contribution in [-0.2, 0) is 10.5 Å². The van der Waals surface area contributed by atoms with Crippen molar-refractivity contribution in [3.8, 4) is 0 Å². The Balaban J connectivity index is 1.70. The Bertz CT molecular complexity index is 469. The number of hydrogen-bond acceptors (Lipinski definition) is 3. The van der Waals surface area contributed by atoms with Crippen molar-refractivity contribution in [2.45, 2.75) is 25.2 Å².